The van der Waals surface area contributed by atoms with E-state index in [9.17, 15) is 4.79 Å². The van der Waals surface area contributed by atoms with Crippen LogP contribution in [0.2, 0.25) is 0 Å². The molecule has 0 saturated carbocycles. The Balaban J connectivity index is 1.58. The second kappa shape index (κ2) is 7.12. The standard InChI is InChI=1S/C20H24O4/c1-13-3-4-16-12-19(6-5-15(16)11-13)24-18-9-7-17(8-10-18)23-14(2)20(21)22/h3-4,7,9,11,14,19H,5-6,8,10,12H2,1-2H3,(H,21,22). The monoisotopic (exact) mass is 328 g/mol. The lowest BCUT2D eigenvalue weighted by atomic mass is 9.88. The van der Waals surface area contributed by atoms with Crippen molar-refractivity contribution in [3.63, 3.8) is 0 Å². The van der Waals surface area contributed by atoms with Crippen molar-refractivity contribution >= 4 is 5.97 Å². The summed E-state index contributed by atoms with van der Waals surface area (Å²) < 4.78 is 11.6. The second-order valence-corrected chi connectivity index (χ2v) is 6.62. The number of hydrogen-bond donors (Lipinski definition) is 1. The Morgan fingerprint density at radius 1 is 1.17 bits per heavy atom. The van der Waals surface area contributed by atoms with E-state index in [0.29, 0.717) is 12.2 Å². The molecular weight excluding hydrogens is 304 g/mol. The fourth-order valence-corrected chi connectivity index (χ4v) is 3.24. The Hall–Kier alpha value is -2.23. The topological polar surface area (TPSA) is 55.8 Å². The minimum Gasteiger partial charge on any atom is -0.494 e. The number of aliphatic carboxylic acids is 1. The summed E-state index contributed by atoms with van der Waals surface area (Å²) in [5, 5.41) is 8.89. The minimum absolute atomic E-state index is 0.222. The molecule has 4 nitrogen and oxygen atoms in total. The van der Waals surface area contributed by atoms with Gasteiger partial charge in [0, 0.05) is 19.3 Å². The minimum atomic E-state index is -0.946. The van der Waals surface area contributed by atoms with Crippen LogP contribution in [-0.4, -0.2) is 23.3 Å². The summed E-state index contributed by atoms with van der Waals surface area (Å²) in [5.74, 6) is 0.727. The number of carboxylic acid groups (broad SMARTS) is 1. The van der Waals surface area contributed by atoms with Crippen molar-refractivity contribution in [2.45, 2.75) is 58.2 Å². The highest BCUT2D eigenvalue weighted by Crippen LogP contribution is 2.28. The fourth-order valence-electron chi connectivity index (χ4n) is 3.24. The molecule has 128 valence electrons. The van der Waals surface area contributed by atoms with Crippen LogP contribution < -0.4 is 0 Å². The molecule has 0 radical (unpaired) electrons. The van der Waals surface area contributed by atoms with E-state index in [1.165, 1.54) is 16.7 Å². The first-order valence-corrected chi connectivity index (χ1v) is 8.55. The highest BCUT2D eigenvalue weighted by Gasteiger charge is 2.22. The molecule has 4 heteroatoms. The van der Waals surface area contributed by atoms with E-state index in [1.54, 1.807) is 6.92 Å². The summed E-state index contributed by atoms with van der Waals surface area (Å²) in [7, 11) is 0. The Morgan fingerprint density at radius 3 is 2.62 bits per heavy atom. The van der Waals surface area contributed by atoms with Gasteiger partial charge < -0.3 is 14.6 Å². The number of ether oxygens (including phenoxy) is 2. The molecule has 1 aromatic rings. The van der Waals surface area contributed by atoms with Gasteiger partial charge in [0.15, 0.2) is 6.10 Å². The number of hydrogen-bond acceptors (Lipinski definition) is 3. The molecule has 0 saturated heterocycles. The third-order valence-electron chi connectivity index (χ3n) is 4.61. The Labute approximate surface area is 142 Å². The van der Waals surface area contributed by atoms with Crippen LogP contribution in [-0.2, 0) is 27.1 Å². The maximum Gasteiger partial charge on any atom is 0.344 e. The van der Waals surface area contributed by atoms with E-state index in [4.69, 9.17) is 14.6 Å². The predicted octanol–water partition coefficient (Wildman–Crippen LogP) is 3.92. The molecule has 24 heavy (non-hydrogen) atoms. The number of fused-ring (bicyclic) bond motifs is 1. The van der Waals surface area contributed by atoms with Crippen LogP contribution >= 0.6 is 0 Å². The van der Waals surface area contributed by atoms with Gasteiger partial charge in [-0.15, -0.1) is 0 Å². The van der Waals surface area contributed by atoms with Gasteiger partial charge in [-0.1, -0.05) is 23.8 Å². The van der Waals surface area contributed by atoms with E-state index in [0.717, 1.165) is 31.4 Å². The molecule has 0 fully saturated rings. The summed E-state index contributed by atoms with van der Waals surface area (Å²) in [6.45, 7) is 3.67. The lowest BCUT2D eigenvalue weighted by Crippen LogP contribution is -2.23. The summed E-state index contributed by atoms with van der Waals surface area (Å²) in [4.78, 5) is 10.8. The average molecular weight is 328 g/mol. The molecular formula is C20H24O4. The molecule has 0 aliphatic heterocycles. The lowest BCUT2D eigenvalue weighted by molar-refractivity contribution is -0.146. The van der Waals surface area contributed by atoms with Crippen LogP contribution in [0, 0.1) is 6.92 Å². The van der Waals surface area contributed by atoms with Crippen molar-refractivity contribution in [3.05, 3.63) is 58.6 Å². The second-order valence-electron chi connectivity index (χ2n) is 6.62. The molecule has 1 N–H and O–H groups in total. The highest BCUT2D eigenvalue weighted by molar-refractivity contribution is 5.71. The molecule has 0 heterocycles. The van der Waals surface area contributed by atoms with Crippen molar-refractivity contribution < 1.29 is 19.4 Å². The van der Waals surface area contributed by atoms with Crippen LogP contribution in [0.5, 0.6) is 0 Å². The van der Waals surface area contributed by atoms with Gasteiger partial charge in [-0.3, -0.25) is 0 Å². The first kappa shape index (κ1) is 16.6. The molecule has 1 aromatic carbocycles. The normalized spacial score (nSPS) is 21.2. The Morgan fingerprint density at radius 2 is 1.92 bits per heavy atom. The summed E-state index contributed by atoms with van der Waals surface area (Å²) in [6.07, 6.45) is 7.66. The predicted molar refractivity (Wildman–Crippen MR) is 91.7 cm³/mol. The first-order valence-electron chi connectivity index (χ1n) is 8.55. The third-order valence-corrected chi connectivity index (χ3v) is 4.61. The highest BCUT2D eigenvalue weighted by atomic mass is 16.5. The zero-order valence-corrected chi connectivity index (χ0v) is 14.2. The summed E-state index contributed by atoms with van der Waals surface area (Å²) in [5.41, 5.74) is 4.16. The number of rotatable bonds is 5. The van der Waals surface area contributed by atoms with Crippen molar-refractivity contribution in [3.8, 4) is 0 Å². The SMILES string of the molecule is Cc1ccc2c(c1)CCC(OC1=CC=C(OC(C)C(=O)O)CC1)C2. The third kappa shape index (κ3) is 3.99. The first-order chi connectivity index (χ1) is 11.5. The lowest BCUT2D eigenvalue weighted by Gasteiger charge is -2.28. The molecule has 0 spiro atoms. The molecule has 0 bridgehead atoms. The van der Waals surface area contributed by atoms with Gasteiger partial charge in [0.25, 0.3) is 0 Å². The molecule has 0 aromatic heterocycles. The zero-order valence-electron chi connectivity index (χ0n) is 14.2. The summed E-state index contributed by atoms with van der Waals surface area (Å²) >= 11 is 0. The summed E-state index contributed by atoms with van der Waals surface area (Å²) in [6, 6.07) is 6.66. The van der Waals surface area contributed by atoms with Crippen molar-refractivity contribution in [2.24, 2.45) is 0 Å². The number of benzene rings is 1. The molecule has 0 amide bonds. The van der Waals surface area contributed by atoms with Gasteiger partial charge in [0.05, 0.1) is 11.5 Å². The quantitative estimate of drug-likeness (QED) is 0.890. The van der Waals surface area contributed by atoms with Crippen molar-refractivity contribution in [1.82, 2.24) is 0 Å². The van der Waals surface area contributed by atoms with Crippen LogP contribution in [0.25, 0.3) is 0 Å². The van der Waals surface area contributed by atoms with Crippen LogP contribution in [0.15, 0.2) is 41.9 Å². The van der Waals surface area contributed by atoms with Crippen molar-refractivity contribution in [2.75, 3.05) is 0 Å². The Bertz CT molecular complexity index is 687. The fraction of sp³-hybridized carbons (Fsp3) is 0.450. The van der Waals surface area contributed by atoms with Gasteiger partial charge in [-0.2, -0.15) is 0 Å². The zero-order chi connectivity index (χ0) is 17.1. The average Bonchev–Trinajstić information content (AvgIpc) is 2.56. The van der Waals surface area contributed by atoms with Crippen molar-refractivity contribution in [1.29, 1.82) is 0 Å². The van der Waals surface area contributed by atoms with Crippen LogP contribution in [0.4, 0.5) is 0 Å². The number of carbonyl (C=O) groups is 1. The molecule has 3 rings (SSSR count). The van der Waals surface area contributed by atoms with Gasteiger partial charge in [-0.25, -0.2) is 4.79 Å². The smallest absolute Gasteiger partial charge is 0.344 e. The maximum atomic E-state index is 10.8. The number of allylic oxidation sites excluding steroid dienone is 4. The van der Waals surface area contributed by atoms with E-state index in [2.05, 4.69) is 25.1 Å². The largest absolute Gasteiger partial charge is 0.494 e. The van der Waals surface area contributed by atoms with Gasteiger partial charge in [0.1, 0.15) is 6.10 Å². The molecule has 2 aliphatic rings. The number of aryl methyl sites for hydroxylation is 2. The van der Waals surface area contributed by atoms with E-state index in [-0.39, 0.29) is 6.10 Å². The van der Waals surface area contributed by atoms with E-state index < -0.39 is 12.1 Å². The Kier molecular flexibility index (Phi) is 4.93. The maximum absolute atomic E-state index is 10.8. The molecule has 2 unspecified atom stereocenters. The van der Waals surface area contributed by atoms with Gasteiger partial charge in [0.2, 0.25) is 0 Å². The van der Waals surface area contributed by atoms with Crippen LogP contribution in [0.1, 0.15) is 42.9 Å². The van der Waals surface area contributed by atoms with E-state index >= 15 is 0 Å². The molecule has 2 atom stereocenters. The van der Waals surface area contributed by atoms with Gasteiger partial charge >= 0.3 is 5.97 Å². The van der Waals surface area contributed by atoms with Gasteiger partial charge in [-0.05, 0) is 50.0 Å². The number of carboxylic acids is 1. The van der Waals surface area contributed by atoms with Crippen LogP contribution in [0.3, 0.4) is 0 Å². The van der Waals surface area contributed by atoms with E-state index in [1.807, 2.05) is 12.2 Å². The molecule has 2 aliphatic carbocycles.